The number of hydrogen-bond donors (Lipinski definition) is 0. The number of alkyl halides is 1. The summed E-state index contributed by atoms with van der Waals surface area (Å²) in [7, 11) is 0. The van der Waals surface area contributed by atoms with Crippen LogP contribution in [-0.2, 0) is 22.7 Å². The van der Waals surface area contributed by atoms with Gasteiger partial charge in [-0.25, -0.2) is 0 Å². The summed E-state index contributed by atoms with van der Waals surface area (Å²) >= 11 is 0. The number of carbonyl (C=O) groups excluding carboxylic acids is 1. The van der Waals surface area contributed by atoms with E-state index in [2.05, 4.69) is 21.7 Å². The Hall–Kier alpha value is -2.96. The molecule has 4 rings (SSSR count). The first kappa shape index (κ1) is 19.4. The van der Waals surface area contributed by atoms with Gasteiger partial charge < -0.3 is 14.0 Å². The minimum Gasteiger partial charge on any atom is -0.461 e. The molecule has 6 nitrogen and oxygen atoms in total. The molecule has 29 heavy (non-hydrogen) atoms. The van der Waals surface area contributed by atoms with E-state index in [4.69, 9.17) is 9.47 Å². The summed E-state index contributed by atoms with van der Waals surface area (Å²) in [6, 6.07) is 8.68. The second-order valence-electron chi connectivity index (χ2n) is 7.68. The van der Waals surface area contributed by atoms with Crippen molar-refractivity contribution < 1.29 is 18.7 Å². The van der Waals surface area contributed by atoms with E-state index in [1.165, 1.54) is 6.92 Å². The summed E-state index contributed by atoms with van der Waals surface area (Å²) in [5.41, 5.74) is 2.91. The number of rotatable bonds is 7. The van der Waals surface area contributed by atoms with Crippen LogP contribution in [0.3, 0.4) is 0 Å². The van der Waals surface area contributed by atoms with E-state index >= 15 is 0 Å². The molecule has 2 heterocycles. The Balaban J connectivity index is 1.76. The van der Waals surface area contributed by atoms with E-state index in [-0.39, 0.29) is 18.5 Å². The number of carbonyl (C=O) groups is 1. The van der Waals surface area contributed by atoms with Crippen LogP contribution in [0.5, 0.6) is 5.88 Å². The minimum absolute atomic E-state index is 0.133. The van der Waals surface area contributed by atoms with Crippen molar-refractivity contribution in [2.45, 2.75) is 46.7 Å². The molecule has 3 aromatic rings. The maximum absolute atomic E-state index is 14.8. The summed E-state index contributed by atoms with van der Waals surface area (Å²) in [4.78, 5) is 11.3. The summed E-state index contributed by atoms with van der Waals surface area (Å²) < 4.78 is 27.8. The van der Waals surface area contributed by atoms with Crippen LogP contribution in [-0.4, -0.2) is 20.7 Å². The van der Waals surface area contributed by atoms with Gasteiger partial charge in [-0.2, -0.15) is 9.49 Å². The molecule has 152 valence electrons. The lowest BCUT2D eigenvalue weighted by Crippen LogP contribution is -2.08. The van der Waals surface area contributed by atoms with Gasteiger partial charge in [0.05, 0.1) is 6.20 Å². The molecule has 3 atom stereocenters. The fraction of sp³-hybridized carbons (Fsp3) is 0.409. The van der Waals surface area contributed by atoms with E-state index < -0.39 is 6.36 Å². The zero-order valence-corrected chi connectivity index (χ0v) is 16.8. The molecule has 0 N–H and O–H groups in total. The first-order chi connectivity index (χ1) is 14.0. The van der Waals surface area contributed by atoms with Gasteiger partial charge in [-0.05, 0) is 25.2 Å². The van der Waals surface area contributed by atoms with Crippen molar-refractivity contribution >= 4 is 16.9 Å². The predicted molar refractivity (Wildman–Crippen MR) is 106 cm³/mol. The number of hydrogen-bond acceptors (Lipinski definition) is 5. The van der Waals surface area contributed by atoms with Gasteiger partial charge in [0.25, 0.3) is 12.2 Å². The Morgan fingerprint density at radius 2 is 2.07 bits per heavy atom. The molecule has 1 aromatic carbocycles. The van der Waals surface area contributed by atoms with E-state index in [0.717, 1.165) is 29.6 Å². The molecule has 2 aromatic heterocycles. The van der Waals surface area contributed by atoms with Gasteiger partial charge in [-0.15, -0.1) is 5.10 Å². The van der Waals surface area contributed by atoms with Crippen molar-refractivity contribution in [2.24, 2.45) is 11.8 Å². The van der Waals surface area contributed by atoms with Gasteiger partial charge in [0.2, 0.25) is 0 Å². The number of aromatic nitrogens is 3. The van der Waals surface area contributed by atoms with Crippen LogP contribution >= 0.6 is 0 Å². The van der Waals surface area contributed by atoms with Gasteiger partial charge in [0.1, 0.15) is 12.1 Å². The molecule has 3 unspecified atom stereocenters. The minimum atomic E-state index is -1.66. The maximum Gasteiger partial charge on any atom is 0.302 e. The Labute approximate surface area is 168 Å². The fourth-order valence-electron chi connectivity index (χ4n) is 3.69. The molecule has 1 saturated carbocycles. The van der Waals surface area contributed by atoms with E-state index in [9.17, 15) is 9.18 Å². The first-order valence-electron chi connectivity index (χ1n) is 9.78. The Morgan fingerprint density at radius 3 is 2.72 bits per heavy atom. The molecular weight excluding hydrogens is 373 g/mol. The first-order valence-corrected chi connectivity index (χ1v) is 9.78. The average Bonchev–Trinajstić information content (AvgIpc) is 3.34. The lowest BCUT2D eigenvalue weighted by atomic mass is 10.2. The second-order valence-corrected chi connectivity index (χ2v) is 7.68. The van der Waals surface area contributed by atoms with Gasteiger partial charge in [-0.3, -0.25) is 4.79 Å². The maximum atomic E-state index is 14.8. The molecule has 1 fully saturated rings. The molecule has 0 amide bonds. The standard InChI is InChI=1S/C22H24FN3O3/c1-13-9-17(13)11-26-14(2)19(12-28-15(3)27)18-10-24-25-22(20(18)26)29-21(23)16-7-5-4-6-8-16/h4-8,10,13,17,21H,9,11-12H2,1-3H3. The highest BCUT2D eigenvalue weighted by atomic mass is 19.1. The predicted octanol–water partition coefficient (Wildman–Crippen LogP) is 4.51. The highest BCUT2D eigenvalue weighted by molar-refractivity contribution is 5.88. The third-order valence-corrected chi connectivity index (χ3v) is 5.62. The van der Waals surface area contributed by atoms with Crippen molar-refractivity contribution in [3.63, 3.8) is 0 Å². The summed E-state index contributed by atoms with van der Waals surface area (Å²) in [5, 5.41) is 8.87. The number of halogens is 1. The highest BCUT2D eigenvalue weighted by Crippen LogP contribution is 2.42. The topological polar surface area (TPSA) is 66.2 Å². The number of ether oxygens (including phenoxy) is 2. The van der Waals surface area contributed by atoms with Crippen LogP contribution in [0.2, 0.25) is 0 Å². The fourth-order valence-corrected chi connectivity index (χ4v) is 3.69. The molecule has 1 aliphatic rings. The third kappa shape index (κ3) is 3.95. The van der Waals surface area contributed by atoms with Gasteiger partial charge >= 0.3 is 5.97 Å². The number of fused-ring (bicyclic) bond motifs is 1. The van der Waals surface area contributed by atoms with Crippen molar-refractivity contribution in [2.75, 3.05) is 0 Å². The summed E-state index contributed by atoms with van der Waals surface area (Å²) in [6.07, 6.45) is 1.12. The molecule has 0 spiro atoms. The van der Waals surface area contributed by atoms with Crippen LogP contribution in [0.25, 0.3) is 10.9 Å². The molecule has 7 heteroatoms. The van der Waals surface area contributed by atoms with Crippen LogP contribution in [0.1, 0.15) is 43.4 Å². The third-order valence-electron chi connectivity index (χ3n) is 5.62. The van der Waals surface area contributed by atoms with Crippen LogP contribution < -0.4 is 4.74 Å². The Kier molecular flexibility index (Phi) is 5.22. The monoisotopic (exact) mass is 397 g/mol. The molecule has 0 bridgehead atoms. The van der Waals surface area contributed by atoms with Crippen LogP contribution in [0.15, 0.2) is 36.5 Å². The lowest BCUT2D eigenvalue weighted by molar-refractivity contribution is -0.142. The lowest BCUT2D eigenvalue weighted by Gasteiger charge is -2.14. The Bertz CT molecular complexity index is 1030. The van der Waals surface area contributed by atoms with Crippen molar-refractivity contribution in [1.82, 2.24) is 14.8 Å². The number of benzene rings is 1. The Morgan fingerprint density at radius 1 is 1.34 bits per heavy atom. The summed E-state index contributed by atoms with van der Waals surface area (Å²) in [6.45, 7) is 6.49. The molecule has 0 aliphatic heterocycles. The zero-order chi connectivity index (χ0) is 20.5. The van der Waals surface area contributed by atoms with Crippen molar-refractivity contribution in [1.29, 1.82) is 0 Å². The quantitative estimate of drug-likeness (QED) is 0.549. The van der Waals surface area contributed by atoms with Crippen LogP contribution in [0.4, 0.5) is 4.39 Å². The molecule has 1 aliphatic carbocycles. The van der Waals surface area contributed by atoms with Gasteiger partial charge in [0, 0.05) is 35.7 Å². The zero-order valence-electron chi connectivity index (χ0n) is 16.8. The average molecular weight is 397 g/mol. The van der Waals surface area contributed by atoms with Crippen molar-refractivity contribution in [3.8, 4) is 5.88 Å². The second kappa shape index (κ2) is 7.81. The van der Waals surface area contributed by atoms with Crippen molar-refractivity contribution in [3.05, 3.63) is 53.3 Å². The smallest absolute Gasteiger partial charge is 0.302 e. The normalized spacial score (nSPS) is 19.2. The van der Waals surface area contributed by atoms with Crippen LogP contribution in [0, 0.1) is 18.8 Å². The SMILES string of the molecule is CC(=O)OCc1c(C)n(CC2CC2C)c2c(OC(F)c3ccccc3)nncc12. The van der Waals surface area contributed by atoms with Gasteiger partial charge in [0.15, 0.2) is 0 Å². The molecule has 0 saturated heterocycles. The van der Waals surface area contributed by atoms with E-state index in [0.29, 0.717) is 22.9 Å². The molecule has 0 radical (unpaired) electrons. The largest absolute Gasteiger partial charge is 0.461 e. The number of esters is 1. The van der Waals surface area contributed by atoms with Gasteiger partial charge in [-0.1, -0.05) is 37.3 Å². The van der Waals surface area contributed by atoms with E-state index in [1.807, 2.05) is 13.0 Å². The number of nitrogens with zero attached hydrogens (tertiary/aromatic N) is 3. The molecular formula is C22H24FN3O3. The van der Waals surface area contributed by atoms with E-state index in [1.54, 1.807) is 30.5 Å². The summed E-state index contributed by atoms with van der Waals surface area (Å²) in [5.74, 6) is 1.00. The highest BCUT2D eigenvalue weighted by Gasteiger charge is 2.34.